The second kappa shape index (κ2) is 11.4. The van der Waals surface area contributed by atoms with Gasteiger partial charge in [0.05, 0.1) is 0 Å². The van der Waals surface area contributed by atoms with Crippen LogP contribution >= 0.6 is 0 Å². The summed E-state index contributed by atoms with van der Waals surface area (Å²) in [6.07, 6.45) is 11.3. The van der Waals surface area contributed by atoms with E-state index in [9.17, 15) is 0 Å². The van der Waals surface area contributed by atoms with Crippen LogP contribution in [0.2, 0.25) is 0 Å². The molecule has 2 heterocycles. The van der Waals surface area contributed by atoms with Crippen LogP contribution in [0.25, 0.3) is 72.1 Å². The number of fused-ring (bicyclic) bond motifs is 3. The lowest BCUT2D eigenvalue weighted by molar-refractivity contribution is 0.738. The minimum Gasteiger partial charge on any atom is -0.264 e. The largest absolute Gasteiger partial charge is 0.264 e. The number of nitrogens with zero attached hydrogens (tertiary/aromatic N) is 4. The second-order valence-electron chi connectivity index (χ2n) is 11.6. The van der Waals surface area contributed by atoms with Gasteiger partial charge in [-0.2, -0.15) is 0 Å². The number of allylic oxidation sites excluding steroid dienone is 4. The highest BCUT2D eigenvalue weighted by atomic mass is 15.0. The molecule has 0 saturated carbocycles. The van der Waals surface area contributed by atoms with Crippen molar-refractivity contribution in [3.8, 4) is 45.0 Å². The van der Waals surface area contributed by atoms with E-state index in [4.69, 9.17) is 15.0 Å². The molecule has 0 N–H and O–H groups in total. The third-order valence-corrected chi connectivity index (χ3v) is 8.46. The molecule has 0 saturated heterocycles. The van der Waals surface area contributed by atoms with Gasteiger partial charge in [-0.3, -0.25) is 4.98 Å². The molecule has 5 aromatic carbocycles. The van der Waals surface area contributed by atoms with Gasteiger partial charge >= 0.3 is 0 Å². The lowest BCUT2D eigenvalue weighted by Gasteiger charge is -2.16. The van der Waals surface area contributed by atoms with E-state index in [0.717, 1.165) is 39.8 Å². The fourth-order valence-corrected chi connectivity index (χ4v) is 6.24. The number of hydrogen-bond donors (Lipinski definition) is 0. The SMILES string of the molecule is CC1C=C(c2nc(-c3ccccc3)nc(-c3cc(-c4cccnc4)cc(-c4cc5ccccc5c5ccccc45)c3)n2)C=CC1. The normalized spacial score (nSPS) is 14.5. The van der Waals surface area contributed by atoms with Crippen molar-refractivity contribution in [3.63, 3.8) is 0 Å². The van der Waals surface area contributed by atoms with E-state index in [2.05, 4.69) is 121 Å². The van der Waals surface area contributed by atoms with Gasteiger partial charge in [0.25, 0.3) is 0 Å². The fraction of sp³-hybridized carbons (Fsp3) is 0.0732. The molecule has 8 rings (SSSR count). The van der Waals surface area contributed by atoms with Crippen LogP contribution in [0, 0.1) is 5.92 Å². The zero-order valence-electron chi connectivity index (χ0n) is 24.9. The molecule has 1 atom stereocenters. The number of aromatic nitrogens is 4. The summed E-state index contributed by atoms with van der Waals surface area (Å²) < 4.78 is 0. The standard InChI is InChI=1S/C41H30N4/c1-27-11-9-15-30(21-27)40-43-39(28-12-3-2-4-13-28)44-41(45-40)34-23-32(31-16-10-20-42-26-31)22-33(24-34)38-25-29-14-5-6-17-35(29)36-18-7-8-19-37(36)38/h2-10,12-27H,11H2,1H3. The van der Waals surface area contributed by atoms with Crippen molar-refractivity contribution in [2.45, 2.75) is 13.3 Å². The Labute approximate surface area is 262 Å². The van der Waals surface area contributed by atoms with E-state index in [1.807, 2.05) is 36.7 Å². The average Bonchev–Trinajstić information content (AvgIpc) is 3.11. The van der Waals surface area contributed by atoms with Crippen LogP contribution in [0.1, 0.15) is 19.2 Å². The molecule has 1 unspecified atom stereocenters. The van der Waals surface area contributed by atoms with Crippen molar-refractivity contribution >= 4 is 27.1 Å². The summed E-state index contributed by atoms with van der Waals surface area (Å²) in [6.45, 7) is 2.22. The summed E-state index contributed by atoms with van der Waals surface area (Å²) in [5.74, 6) is 2.41. The van der Waals surface area contributed by atoms with Crippen molar-refractivity contribution in [2.75, 3.05) is 0 Å². The van der Waals surface area contributed by atoms with E-state index in [1.54, 1.807) is 0 Å². The summed E-state index contributed by atoms with van der Waals surface area (Å²) in [5, 5.41) is 4.90. The number of pyridine rings is 1. The Morgan fingerprint density at radius 1 is 0.556 bits per heavy atom. The fourth-order valence-electron chi connectivity index (χ4n) is 6.24. The first-order valence-electron chi connectivity index (χ1n) is 15.4. The Morgan fingerprint density at radius 2 is 1.22 bits per heavy atom. The van der Waals surface area contributed by atoms with Crippen LogP contribution < -0.4 is 0 Å². The maximum atomic E-state index is 5.11. The molecular weight excluding hydrogens is 548 g/mol. The molecule has 45 heavy (non-hydrogen) atoms. The number of hydrogen-bond acceptors (Lipinski definition) is 4. The van der Waals surface area contributed by atoms with E-state index in [1.165, 1.54) is 27.1 Å². The topological polar surface area (TPSA) is 51.6 Å². The Morgan fingerprint density at radius 3 is 2.02 bits per heavy atom. The molecule has 1 aliphatic rings. The quantitative estimate of drug-likeness (QED) is 0.191. The van der Waals surface area contributed by atoms with Gasteiger partial charge in [0, 0.05) is 34.7 Å². The highest BCUT2D eigenvalue weighted by Crippen LogP contribution is 2.39. The maximum Gasteiger partial charge on any atom is 0.164 e. The molecule has 1 aliphatic carbocycles. The van der Waals surface area contributed by atoms with Gasteiger partial charge in [0.2, 0.25) is 0 Å². The predicted molar refractivity (Wildman–Crippen MR) is 185 cm³/mol. The van der Waals surface area contributed by atoms with E-state index < -0.39 is 0 Å². The van der Waals surface area contributed by atoms with Crippen molar-refractivity contribution < 1.29 is 0 Å². The zero-order chi connectivity index (χ0) is 30.2. The van der Waals surface area contributed by atoms with Gasteiger partial charge in [-0.15, -0.1) is 0 Å². The molecule has 0 amide bonds. The minimum absolute atomic E-state index is 0.423. The predicted octanol–water partition coefficient (Wildman–Crippen LogP) is 10.2. The molecule has 0 bridgehead atoms. The molecule has 0 aliphatic heterocycles. The van der Waals surface area contributed by atoms with Gasteiger partial charge in [0.1, 0.15) is 0 Å². The Bertz CT molecular complexity index is 2250. The van der Waals surface area contributed by atoms with Gasteiger partial charge < -0.3 is 0 Å². The van der Waals surface area contributed by atoms with Gasteiger partial charge in [0.15, 0.2) is 17.5 Å². The van der Waals surface area contributed by atoms with Crippen molar-refractivity contribution in [1.29, 1.82) is 0 Å². The van der Waals surface area contributed by atoms with Crippen LogP contribution in [-0.2, 0) is 0 Å². The summed E-state index contributed by atoms with van der Waals surface area (Å²) in [6, 6.07) is 40.4. The second-order valence-corrected chi connectivity index (χ2v) is 11.6. The van der Waals surface area contributed by atoms with Crippen molar-refractivity contribution in [2.24, 2.45) is 5.92 Å². The third kappa shape index (κ3) is 5.21. The smallest absolute Gasteiger partial charge is 0.164 e. The molecule has 2 aromatic heterocycles. The van der Waals surface area contributed by atoms with E-state index in [-0.39, 0.29) is 0 Å². The first-order chi connectivity index (χ1) is 22.2. The lowest BCUT2D eigenvalue weighted by atomic mass is 9.90. The highest BCUT2D eigenvalue weighted by Gasteiger charge is 2.17. The van der Waals surface area contributed by atoms with E-state index in [0.29, 0.717) is 23.4 Å². The Kier molecular flexibility index (Phi) is 6.80. The minimum atomic E-state index is 0.423. The third-order valence-electron chi connectivity index (χ3n) is 8.46. The first kappa shape index (κ1) is 26.9. The van der Waals surface area contributed by atoms with Crippen LogP contribution in [-0.4, -0.2) is 19.9 Å². The summed E-state index contributed by atoms with van der Waals surface area (Å²) in [4.78, 5) is 19.6. The van der Waals surface area contributed by atoms with Gasteiger partial charge in [-0.1, -0.05) is 110 Å². The van der Waals surface area contributed by atoms with Gasteiger partial charge in [-0.05, 0) is 80.9 Å². The zero-order valence-corrected chi connectivity index (χ0v) is 24.9. The monoisotopic (exact) mass is 578 g/mol. The van der Waals surface area contributed by atoms with Crippen molar-refractivity contribution in [3.05, 3.63) is 152 Å². The summed E-state index contributed by atoms with van der Waals surface area (Å²) in [7, 11) is 0. The molecule has 0 radical (unpaired) electrons. The molecule has 4 heteroatoms. The molecule has 0 spiro atoms. The van der Waals surface area contributed by atoms with Crippen LogP contribution in [0.15, 0.2) is 146 Å². The number of rotatable bonds is 5. The molecule has 214 valence electrons. The molecule has 0 fully saturated rings. The Balaban J connectivity index is 1.40. The van der Waals surface area contributed by atoms with Gasteiger partial charge in [-0.25, -0.2) is 15.0 Å². The average molecular weight is 579 g/mol. The molecule has 7 aromatic rings. The van der Waals surface area contributed by atoms with E-state index >= 15 is 0 Å². The van der Waals surface area contributed by atoms with Crippen LogP contribution in [0.4, 0.5) is 0 Å². The molecule has 4 nitrogen and oxygen atoms in total. The molecular formula is C41H30N4. The first-order valence-corrected chi connectivity index (χ1v) is 15.4. The summed E-state index contributed by atoms with van der Waals surface area (Å²) in [5.41, 5.74) is 7.27. The maximum absolute atomic E-state index is 5.11. The van der Waals surface area contributed by atoms with Crippen LogP contribution in [0.3, 0.4) is 0 Å². The number of benzene rings is 5. The van der Waals surface area contributed by atoms with Crippen molar-refractivity contribution in [1.82, 2.24) is 19.9 Å². The lowest BCUT2D eigenvalue weighted by Crippen LogP contribution is -2.05. The highest BCUT2D eigenvalue weighted by molar-refractivity contribution is 6.14. The van der Waals surface area contributed by atoms with Crippen LogP contribution in [0.5, 0.6) is 0 Å². The Hall–Kier alpha value is -5.74. The summed E-state index contributed by atoms with van der Waals surface area (Å²) >= 11 is 0.